The number of carbonyl (C=O) groups is 1. The van der Waals surface area contributed by atoms with Crippen LogP contribution in [-0.4, -0.2) is 67.4 Å². The summed E-state index contributed by atoms with van der Waals surface area (Å²) in [5.74, 6) is 0.507. The smallest absolute Gasteiger partial charge is 0.416 e. The Hall–Kier alpha value is -2.69. The summed E-state index contributed by atoms with van der Waals surface area (Å²) in [4.78, 5) is 16.1. The van der Waals surface area contributed by atoms with Gasteiger partial charge in [0, 0.05) is 25.7 Å². The van der Waals surface area contributed by atoms with Gasteiger partial charge in [-0.2, -0.15) is 17.9 Å². The van der Waals surface area contributed by atoms with Crippen molar-refractivity contribution < 1.29 is 22.7 Å². The normalized spacial score (nSPS) is 18.5. The molecule has 8 nitrogen and oxygen atoms in total. The number of hydrogen-bond donors (Lipinski definition) is 0. The van der Waals surface area contributed by atoms with Crippen LogP contribution in [0.15, 0.2) is 24.3 Å². The standard InChI is InChI=1S/C19H25F3N6O2/c1-13-11-26(9-10-27(13)17(29)30-18(2,3)4)12-16-23-24-25-28(16)15-7-5-14(6-8-15)19(20,21)22/h5-8,13H,9-12H2,1-4H3. The van der Waals surface area contributed by atoms with E-state index in [1.165, 1.54) is 16.8 Å². The summed E-state index contributed by atoms with van der Waals surface area (Å²) in [6.45, 7) is 9.52. The van der Waals surface area contributed by atoms with Crippen LogP contribution >= 0.6 is 0 Å². The molecule has 1 atom stereocenters. The van der Waals surface area contributed by atoms with Gasteiger partial charge in [0.15, 0.2) is 5.82 Å². The third-order valence-electron chi connectivity index (χ3n) is 4.68. The van der Waals surface area contributed by atoms with Gasteiger partial charge in [0.25, 0.3) is 0 Å². The Morgan fingerprint density at radius 3 is 2.40 bits per heavy atom. The first-order valence-electron chi connectivity index (χ1n) is 9.61. The van der Waals surface area contributed by atoms with Crippen LogP contribution in [-0.2, 0) is 17.5 Å². The van der Waals surface area contributed by atoms with Crippen LogP contribution in [0.2, 0.25) is 0 Å². The van der Waals surface area contributed by atoms with E-state index in [4.69, 9.17) is 4.74 Å². The third-order valence-corrected chi connectivity index (χ3v) is 4.68. The van der Waals surface area contributed by atoms with Crippen molar-refractivity contribution in [3.05, 3.63) is 35.7 Å². The van der Waals surface area contributed by atoms with Gasteiger partial charge in [-0.15, -0.1) is 5.10 Å². The molecule has 0 N–H and O–H groups in total. The minimum Gasteiger partial charge on any atom is -0.444 e. The molecule has 1 aliphatic heterocycles. The van der Waals surface area contributed by atoms with Gasteiger partial charge in [-0.25, -0.2) is 4.79 Å². The van der Waals surface area contributed by atoms with Gasteiger partial charge >= 0.3 is 12.3 Å². The van der Waals surface area contributed by atoms with Crippen LogP contribution in [0.5, 0.6) is 0 Å². The van der Waals surface area contributed by atoms with Gasteiger partial charge in [0.1, 0.15) is 5.60 Å². The zero-order chi connectivity index (χ0) is 22.1. The minimum absolute atomic E-state index is 0.0657. The summed E-state index contributed by atoms with van der Waals surface area (Å²) >= 11 is 0. The first kappa shape index (κ1) is 22.0. The average molecular weight is 426 g/mol. The molecule has 1 aliphatic rings. The minimum atomic E-state index is -4.40. The summed E-state index contributed by atoms with van der Waals surface area (Å²) in [6.07, 6.45) is -4.74. The van der Waals surface area contributed by atoms with Crippen molar-refractivity contribution >= 4 is 6.09 Å². The molecule has 1 fully saturated rings. The van der Waals surface area contributed by atoms with Crippen LogP contribution in [0, 0.1) is 0 Å². The summed E-state index contributed by atoms with van der Waals surface area (Å²) in [7, 11) is 0. The highest BCUT2D eigenvalue weighted by Gasteiger charge is 2.32. The number of rotatable bonds is 3. The Morgan fingerprint density at radius 1 is 1.17 bits per heavy atom. The molecule has 0 spiro atoms. The molecule has 1 unspecified atom stereocenters. The summed E-state index contributed by atoms with van der Waals surface area (Å²) in [6, 6.07) is 4.62. The quantitative estimate of drug-likeness (QED) is 0.751. The van der Waals surface area contributed by atoms with E-state index in [9.17, 15) is 18.0 Å². The lowest BCUT2D eigenvalue weighted by Gasteiger charge is -2.39. The number of amides is 1. The number of hydrogen-bond acceptors (Lipinski definition) is 6. The predicted octanol–water partition coefficient (Wildman–Crippen LogP) is 3.12. The maximum atomic E-state index is 12.8. The maximum Gasteiger partial charge on any atom is 0.416 e. The van der Waals surface area contributed by atoms with Gasteiger partial charge in [-0.05, 0) is 62.4 Å². The molecule has 0 bridgehead atoms. The third kappa shape index (κ3) is 5.26. The van der Waals surface area contributed by atoms with Crippen molar-refractivity contribution in [1.29, 1.82) is 0 Å². The lowest BCUT2D eigenvalue weighted by Crippen LogP contribution is -2.54. The van der Waals surface area contributed by atoms with Crippen molar-refractivity contribution in [3.63, 3.8) is 0 Å². The molecule has 1 aromatic carbocycles. The van der Waals surface area contributed by atoms with Crippen molar-refractivity contribution in [2.24, 2.45) is 0 Å². The van der Waals surface area contributed by atoms with E-state index in [0.29, 0.717) is 37.7 Å². The van der Waals surface area contributed by atoms with Crippen LogP contribution in [0.1, 0.15) is 39.1 Å². The Balaban J connectivity index is 1.65. The molecule has 2 heterocycles. The highest BCUT2D eigenvalue weighted by molar-refractivity contribution is 5.68. The first-order valence-corrected chi connectivity index (χ1v) is 9.61. The van der Waals surface area contributed by atoms with Crippen molar-refractivity contribution in [3.8, 4) is 5.69 Å². The zero-order valence-electron chi connectivity index (χ0n) is 17.3. The number of tetrazole rings is 1. The van der Waals surface area contributed by atoms with Gasteiger partial charge in [0.05, 0.1) is 17.8 Å². The number of aromatic nitrogens is 4. The van der Waals surface area contributed by atoms with Crippen molar-refractivity contribution in [2.75, 3.05) is 19.6 Å². The molecule has 1 aromatic heterocycles. The molecular weight excluding hydrogens is 401 g/mol. The Kier molecular flexibility index (Phi) is 6.02. The highest BCUT2D eigenvalue weighted by atomic mass is 19.4. The lowest BCUT2D eigenvalue weighted by atomic mass is 10.2. The molecule has 0 radical (unpaired) electrons. The maximum absolute atomic E-state index is 12.8. The molecule has 1 amide bonds. The van der Waals surface area contributed by atoms with Gasteiger partial charge < -0.3 is 9.64 Å². The van der Waals surface area contributed by atoms with E-state index in [-0.39, 0.29) is 12.1 Å². The van der Waals surface area contributed by atoms with Crippen LogP contribution in [0.4, 0.5) is 18.0 Å². The molecule has 2 aromatic rings. The molecule has 3 rings (SSSR count). The Labute approximate surface area is 172 Å². The van der Waals surface area contributed by atoms with E-state index in [2.05, 4.69) is 20.4 Å². The van der Waals surface area contributed by atoms with E-state index >= 15 is 0 Å². The molecule has 11 heteroatoms. The lowest BCUT2D eigenvalue weighted by molar-refractivity contribution is -0.137. The second-order valence-electron chi connectivity index (χ2n) is 8.31. The van der Waals surface area contributed by atoms with Crippen molar-refractivity contribution in [2.45, 2.75) is 52.1 Å². The van der Waals surface area contributed by atoms with Gasteiger partial charge in [-0.3, -0.25) is 4.90 Å². The molecule has 1 saturated heterocycles. The highest BCUT2D eigenvalue weighted by Crippen LogP contribution is 2.29. The molecule has 0 saturated carbocycles. The van der Waals surface area contributed by atoms with Crippen LogP contribution in [0.25, 0.3) is 5.69 Å². The fourth-order valence-electron chi connectivity index (χ4n) is 3.26. The Bertz CT molecular complexity index is 876. The number of piperazine rings is 1. The average Bonchev–Trinajstić information content (AvgIpc) is 3.07. The topological polar surface area (TPSA) is 76.4 Å². The monoisotopic (exact) mass is 426 g/mol. The van der Waals surface area contributed by atoms with Gasteiger partial charge in [0.2, 0.25) is 0 Å². The number of carbonyl (C=O) groups excluding carboxylic acids is 1. The van der Waals surface area contributed by atoms with E-state index < -0.39 is 17.3 Å². The SMILES string of the molecule is CC1CN(Cc2nnnn2-c2ccc(C(F)(F)F)cc2)CCN1C(=O)OC(C)(C)C. The number of ether oxygens (including phenoxy) is 1. The fraction of sp³-hybridized carbons (Fsp3) is 0.579. The Morgan fingerprint density at radius 2 is 1.83 bits per heavy atom. The second-order valence-corrected chi connectivity index (χ2v) is 8.31. The largest absolute Gasteiger partial charge is 0.444 e. The van der Waals surface area contributed by atoms with Crippen molar-refractivity contribution in [1.82, 2.24) is 30.0 Å². The number of alkyl halides is 3. The van der Waals surface area contributed by atoms with E-state index in [1.807, 2.05) is 27.7 Å². The predicted molar refractivity (Wildman–Crippen MR) is 102 cm³/mol. The van der Waals surface area contributed by atoms with Crippen LogP contribution in [0.3, 0.4) is 0 Å². The number of benzene rings is 1. The molecule has 164 valence electrons. The zero-order valence-corrected chi connectivity index (χ0v) is 17.3. The number of nitrogens with zero attached hydrogens (tertiary/aromatic N) is 6. The summed E-state index contributed by atoms with van der Waals surface area (Å²) < 4.78 is 45.2. The molecular formula is C19H25F3N6O2. The second kappa shape index (κ2) is 8.21. The molecule has 0 aliphatic carbocycles. The number of halogens is 3. The molecule has 30 heavy (non-hydrogen) atoms. The first-order chi connectivity index (χ1) is 13.9. The summed E-state index contributed by atoms with van der Waals surface area (Å²) in [5.41, 5.74) is -0.839. The van der Waals surface area contributed by atoms with Crippen LogP contribution < -0.4 is 0 Å². The van der Waals surface area contributed by atoms with E-state index in [0.717, 1.165) is 12.1 Å². The fourth-order valence-corrected chi connectivity index (χ4v) is 3.26. The summed E-state index contributed by atoms with van der Waals surface area (Å²) in [5, 5.41) is 11.6. The van der Waals surface area contributed by atoms with Gasteiger partial charge in [-0.1, -0.05) is 0 Å². The van der Waals surface area contributed by atoms with E-state index in [1.54, 1.807) is 4.90 Å².